The molecule has 0 aromatic carbocycles. The second-order valence-electron chi connectivity index (χ2n) is 4.07. The third-order valence-electron chi connectivity index (χ3n) is 2.52. The molecule has 1 aromatic heterocycles. The molecule has 0 saturated heterocycles. The first-order chi connectivity index (χ1) is 6.79. The molecular weight excluding hydrogens is 178 g/mol. The van der Waals surface area contributed by atoms with Crippen molar-refractivity contribution in [3.63, 3.8) is 0 Å². The Labute approximate surface area is 83.9 Å². The molecule has 1 fully saturated rings. The Hall–Kier alpha value is -0.900. The van der Waals surface area contributed by atoms with Gasteiger partial charge in [-0.05, 0) is 19.3 Å². The van der Waals surface area contributed by atoms with E-state index in [9.17, 15) is 0 Å². The molecule has 2 N–H and O–H groups in total. The highest BCUT2D eigenvalue weighted by molar-refractivity contribution is 5.03. The van der Waals surface area contributed by atoms with E-state index in [2.05, 4.69) is 17.1 Å². The van der Waals surface area contributed by atoms with Crippen LogP contribution in [0, 0.1) is 0 Å². The zero-order valence-electron chi connectivity index (χ0n) is 8.57. The van der Waals surface area contributed by atoms with Gasteiger partial charge in [0.25, 0.3) is 0 Å². The molecule has 0 aliphatic heterocycles. The zero-order valence-corrected chi connectivity index (χ0v) is 8.57. The second-order valence-corrected chi connectivity index (χ2v) is 4.07. The van der Waals surface area contributed by atoms with Crippen LogP contribution in [0.1, 0.15) is 50.2 Å². The van der Waals surface area contributed by atoms with Crippen molar-refractivity contribution in [2.24, 2.45) is 5.73 Å². The average molecular weight is 195 g/mol. The fourth-order valence-electron chi connectivity index (χ4n) is 1.56. The Kier molecular flexibility index (Phi) is 2.82. The van der Waals surface area contributed by atoms with E-state index < -0.39 is 0 Å². The van der Waals surface area contributed by atoms with Crippen LogP contribution >= 0.6 is 0 Å². The first-order valence-electron chi connectivity index (χ1n) is 5.37. The third-order valence-corrected chi connectivity index (χ3v) is 2.52. The predicted octanol–water partition coefficient (Wildman–Crippen LogP) is 1.62. The number of aromatic nitrogens is 2. The number of rotatable bonds is 5. The van der Waals surface area contributed by atoms with Gasteiger partial charge in [0.2, 0.25) is 5.89 Å². The van der Waals surface area contributed by atoms with Crippen molar-refractivity contribution >= 4 is 0 Å². The van der Waals surface area contributed by atoms with E-state index in [1.54, 1.807) is 0 Å². The molecule has 1 heterocycles. The maximum absolute atomic E-state index is 5.89. The molecule has 4 heteroatoms. The predicted molar refractivity (Wildman–Crippen MR) is 52.9 cm³/mol. The van der Waals surface area contributed by atoms with E-state index in [-0.39, 0.29) is 6.04 Å². The zero-order chi connectivity index (χ0) is 9.97. The van der Waals surface area contributed by atoms with Crippen molar-refractivity contribution in [1.82, 2.24) is 10.1 Å². The number of nitrogens with zero attached hydrogens (tertiary/aromatic N) is 2. The standard InChI is InChI=1S/C10H17N3O/c1-2-3-8(11)6-9-12-10(13-14-9)7-4-5-7/h7-8H,2-6,11H2,1H3. The Morgan fingerprint density at radius 3 is 3.00 bits per heavy atom. The van der Waals surface area contributed by atoms with Crippen LogP contribution in [0.2, 0.25) is 0 Å². The summed E-state index contributed by atoms with van der Waals surface area (Å²) in [5, 5.41) is 3.95. The molecule has 0 bridgehead atoms. The summed E-state index contributed by atoms with van der Waals surface area (Å²) in [6.45, 7) is 2.13. The SMILES string of the molecule is CCCC(N)Cc1nc(C2CC2)no1. The van der Waals surface area contributed by atoms with Crippen LogP contribution in [0.25, 0.3) is 0 Å². The number of hydrogen-bond donors (Lipinski definition) is 1. The quantitative estimate of drug-likeness (QED) is 0.775. The number of hydrogen-bond acceptors (Lipinski definition) is 4. The Morgan fingerprint density at radius 2 is 2.36 bits per heavy atom. The topological polar surface area (TPSA) is 64.9 Å². The van der Waals surface area contributed by atoms with Gasteiger partial charge in [-0.3, -0.25) is 0 Å². The van der Waals surface area contributed by atoms with Gasteiger partial charge in [-0.15, -0.1) is 0 Å². The molecule has 0 spiro atoms. The molecule has 14 heavy (non-hydrogen) atoms. The Morgan fingerprint density at radius 1 is 1.57 bits per heavy atom. The number of nitrogens with two attached hydrogens (primary N) is 1. The summed E-state index contributed by atoms with van der Waals surface area (Å²) in [5.74, 6) is 2.14. The Bertz CT molecular complexity index is 293. The molecule has 1 aliphatic rings. The summed E-state index contributed by atoms with van der Waals surface area (Å²) in [6, 6.07) is 0.160. The lowest BCUT2D eigenvalue weighted by atomic mass is 10.1. The van der Waals surface area contributed by atoms with E-state index >= 15 is 0 Å². The van der Waals surface area contributed by atoms with Crippen LogP contribution < -0.4 is 5.73 Å². The summed E-state index contributed by atoms with van der Waals surface area (Å²) < 4.78 is 5.14. The first kappa shape index (κ1) is 9.65. The highest BCUT2D eigenvalue weighted by Crippen LogP contribution is 2.38. The molecule has 4 nitrogen and oxygen atoms in total. The molecule has 2 rings (SSSR count). The lowest BCUT2D eigenvalue weighted by Gasteiger charge is -2.05. The van der Waals surface area contributed by atoms with Gasteiger partial charge in [-0.2, -0.15) is 4.98 Å². The van der Waals surface area contributed by atoms with Gasteiger partial charge in [0.05, 0.1) is 0 Å². The molecule has 1 aromatic rings. The van der Waals surface area contributed by atoms with Gasteiger partial charge in [0, 0.05) is 18.4 Å². The van der Waals surface area contributed by atoms with Crippen LogP contribution in [-0.4, -0.2) is 16.2 Å². The second kappa shape index (κ2) is 4.09. The van der Waals surface area contributed by atoms with Crippen LogP contribution in [-0.2, 0) is 6.42 Å². The van der Waals surface area contributed by atoms with Gasteiger partial charge in [0.1, 0.15) is 0 Å². The minimum Gasteiger partial charge on any atom is -0.339 e. The first-order valence-corrected chi connectivity index (χ1v) is 5.37. The van der Waals surface area contributed by atoms with Crippen molar-refractivity contribution in [3.8, 4) is 0 Å². The highest BCUT2D eigenvalue weighted by atomic mass is 16.5. The molecule has 78 valence electrons. The fourth-order valence-corrected chi connectivity index (χ4v) is 1.56. The summed E-state index contributed by atoms with van der Waals surface area (Å²) in [7, 11) is 0. The van der Waals surface area contributed by atoms with Crippen LogP contribution in [0.4, 0.5) is 0 Å². The van der Waals surface area contributed by atoms with E-state index in [0.29, 0.717) is 18.2 Å². The normalized spacial score (nSPS) is 18.4. The van der Waals surface area contributed by atoms with Gasteiger partial charge in [-0.1, -0.05) is 18.5 Å². The van der Waals surface area contributed by atoms with Crippen molar-refractivity contribution in [2.45, 2.75) is 51.0 Å². The smallest absolute Gasteiger partial charge is 0.228 e. The van der Waals surface area contributed by atoms with E-state index in [0.717, 1.165) is 18.7 Å². The molecule has 0 amide bonds. The van der Waals surface area contributed by atoms with Crippen molar-refractivity contribution < 1.29 is 4.52 Å². The fraction of sp³-hybridized carbons (Fsp3) is 0.800. The molecule has 1 unspecified atom stereocenters. The van der Waals surface area contributed by atoms with Crippen molar-refractivity contribution in [1.29, 1.82) is 0 Å². The van der Waals surface area contributed by atoms with Crippen molar-refractivity contribution in [2.75, 3.05) is 0 Å². The molecule has 0 radical (unpaired) electrons. The van der Waals surface area contributed by atoms with Gasteiger partial charge in [-0.25, -0.2) is 0 Å². The summed E-state index contributed by atoms with van der Waals surface area (Å²) in [5.41, 5.74) is 5.89. The lowest BCUT2D eigenvalue weighted by molar-refractivity contribution is 0.361. The Balaban J connectivity index is 1.88. The highest BCUT2D eigenvalue weighted by Gasteiger charge is 2.28. The molecule has 1 aliphatic carbocycles. The van der Waals surface area contributed by atoms with E-state index in [1.165, 1.54) is 12.8 Å². The van der Waals surface area contributed by atoms with Gasteiger partial charge in [0.15, 0.2) is 5.82 Å². The largest absolute Gasteiger partial charge is 0.339 e. The molecule has 1 atom stereocenters. The monoisotopic (exact) mass is 195 g/mol. The van der Waals surface area contributed by atoms with Gasteiger partial charge >= 0.3 is 0 Å². The van der Waals surface area contributed by atoms with Crippen LogP contribution in [0.3, 0.4) is 0 Å². The minimum atomic E-state index is 0.160. The van der Waals surface area contributed by atoms with E-state index in [1.807, 2.05) is 0 Å². The van der Waals surface area contributed by atoms with Crippen LogP contribution in [0.15, 0.2) is 4.52 Å². The maximum atomic E-state index is 5.89. The van der Waals surface area contributed by atoms with E-state index in [4.69, 9.17) is 10.3 Å². The summed E-state index contributed by atoms with van der Waals surface area (Å²) >= 11 is 0. The van der Waals surface area contributed by atoms with Gasteiger partial charge < -0.3 is 10.3 Å². The molecule has 1 saturated carbocycles. The molecular formula is C10H17N3O. The summed E-state index contributed by atoms with van der Waals surface area (Å²) in [4.78, 5) is 4.34. The third kappa shape index (κ3) is 2.32. The van der Waals surface area contributed by atoms with Crippen molar-refractivity contribution in [3.05, 3.63) is 11.7 Å². The maximum Gasteiger partial charge on any atom is 0.228 e. The summed E-state index contributed by atoms with van der Waals surface area (Å²) in [6.07, 6.45) is 5.25. The average Bonchev–Trinajstić information content (AvgIpc) is 2.89. The lowest BCUT2D eigenvalue weighted by Crippen LogP contribution is -2.22. The minimum absolute atomic E-state index is 0.160. The van der Waals surface area contributed by atoms with Crippen LogP contribution in [0.5, 0.6) is 0 Å².